The molecule has 2 rings (SSSR count). The molecule has 0 bridgehead atoms. The molecule has 5 nitrogen and oxygen atoms in total. The highest BCUT2D eigenvalue weighted by molar-refractivity contribution is 6.07. The van der Waals surface area contributed by atoms with E-state index >= 15 is 0 Å². The maximum Gasteiger partial charge on any atom is 0.337 e. The van der Waals surface area contributed by atoms with E-state index in [1.54, 1.807) is 0 Å². The molecule has 0 saturated heterocycles. The molecule has 1 heterocycles. The molecular formula is C13H8F2N2O3. The number of halogens is 2. The van der Waals surface area contributed by atoms with Crippen LogP contribution in [-0.2, 0) is 0 Å². The van der Waals surface area contributed by atoms with Crippen LogP contribution in [0.2, 0.25) is 0 Å². The number of pyridine rings is 1. The summed E-state index contributed by atoms with van der Waals surface area (Å²) in [6, 6.07) is 3.79. The fourth-order valence-corrected chi connectivity index (χ4v) is 1.54. The molecular weight excluding hydrogens is 270 g/mol. The van der Waals surface area contributed by atoms with E-state index in [4.69, 9.17) is 5.11 Å². The van der Waals surface area contributed by atoms with Crippen LogP contribution in [0.1, 0.15) is 20.7 Å². The summed E-state index contributed by atoms with van der Waals surface area (Å²) in [5.41, 5.74) is -0.596. The molecule has 0 aliphatic heterocycles. The summed E-state index contributed by atoms with van der Waals surface area (Å²) in [5, 5.41) is 11.1. The van der Waals surface area contributed by atoms with E-state index in [2.05, 4.69) is 10.3 Å². The summed E-state index contributed by atoms with van der Waals surface area (Å²) < 4.78 is 26.1. The number of rotatable bonds is 3. The van der Waals surface area contributed by atoms with Gasteiger partial charge in [-0.2, -0.15) is 0 Å². The number of nitrogens with zero attached hydrogens (tertiary/aromatic N) is 1. The number of hydrogen-bond donors (Lipinski definition) is 2. The quantitative estimate of drug-likeness (QED) is 0.903. The third-order valence-electron chi connectivity index (χ3n) is 2.43. The molecule has 0 saturated carbocycles. The van der Waals surface area contributed by atoms with Crippen LogP contribution >= 0.6 is 0 Å². The van der Waals surface area contributed by atoms with Gasteiger partial charge in [0.15, 0.2) is 0 Å². The van der Waals surface area contributed by atoms with E-state index < -0.39 is 23.5 Å². The Bertz CT molecular complexity index is 689. The van der Waals surface area contributed by atoms with Crippen molar-refractivity contribution in [2.45, 2.75) is 0 Å². The maximum atomic E-state index is 13.1. The molecule has 1 aromatic carbocycles. The first-order chi connectivity index (χ1) is 9.47. The topological polar surface area (TPSA) is 79.3 Å². The van der Waals surface area contributed by atoms with Gasteiger partial charge in [0.25, 0.3) is 5.91 Å². The lowest BCUT2D eigenvalue weighted by molar-refractivity contribution is 0.0698. The van der Waals surface area contributed by atoms with Crippen LogP contribution in [0.4, 0.5) is 14.5 Å². The predicted molar refractivity (Wildman–Crippen MR) is 65.5 cm³/mol. The Balaban J connectivity index is 2.32. The van der Waals surface area contributed by atoms with Gasteiger partial charge in [-0.1, -0.05) is 0 Å². The number of anilines is 1. The van der Waals surface area contributed by atoms with Crippen molar-refractivity contribution < 1.29 is 23.5 Å². The minimum Gasteiger partial charge on any atom is -0.478 e. The lowest BCUT2D eigenvalue weighted by Gasteiger charge is -2.08. The average molecular weight is 278 g/mol. The van der Waals surface area contributed by atoms with E-state index in [1.165, 1.54) is 0 Å². The number of aromatic nitrogens is 1. The average Bonchev–Trinajstić information content (AvgIpc) is 2.38. The second kappa shape index (κ2) is 5.43. The minimum absolute atomic E-state index is 0.106. The fraction of sp³-hybridized carbons (Fsp3) is 0. The SMILES string of the molecule is O=C(Nc1cc(F)ccc1C(=O)O)c1cncc(F)c1. The van der Waals surface area contributed by atoms with Crippen LogP contribution in [0.3, 0.4) is 0 Å². The van der Waals surface area contributed by atoms with Gasteiger partial charge in [-0.05, 0) is 24.3 Å². The van der Waals surface area contributed by atoms with Gasteiger partial charge in [-0.3, -0.25) is 9.78 Å². The number of aromatic carboxylic acids is 1. The molecule has 0 unspecified atom stereocenters. The number of benzene rings is 1. The van der Waals surface area contributed by atoms with Crippen molar-refractivity contribution in [2.24, 2.45) is 0 Å². The summed E-state index contributed by atoms with van der Waals surface area (Å²) >= 11 is 0. The highest BCUT2D eigenvalue weighted by Gasteiger charge is 2.15. The second-order valence-electron chi connectivity index (χ2n) is 3.84. The third-order valence-corrected chi connectivity index (χ3v) is 2.43. The Morgan fingerprint density at radius 3 is 2.50 bits per heavy atom. The molecule has 7 heteroatoms. The number of amides is 1. The second-order valence-corrected chi connectivity index (χ2v) is 3.84. The first-order valence-corrected chi connectivity index (χ1v) is 5.42. The van der Waals surface area contributed by atoms with Crippen LogP contribution in [0, 0.1) is 11.6 Å². The van der Waals surface area contributed by atoms with Gasteiger partial charge in [0.05, 0.1) is 23.0 Å². The Hall–Kier alpha value is -2.83. The predicted octanol–water partition coefficient (Wildman–Crippen LogP) is 2.31. The molecule has 0 fully saturated rings. The zero-order valence-corrected chi connectivity index (χ0v) is 9.93. The summed E-state index contributed by atoms with van der Waals surface area (Å²) in [6.45, 7) is 0. The fourth-order valence-electron chi connectivity index (χ4n) is 1.54. The molecule has 0 atom stereocenters. The summed E-state index contributed by atoms with van der Waals surface area (Å²) in [7, 11) is 0. The highest BCUT2D eigenvalue weighted by atomic mass is 19.1. The Morgan fingerprint density at radius 2 is 1.85 bits per heavy atom. The molecule has 0 aliphatic rings. The van der Waals surface area contributed by atoms with E-state index in [0.717, 1.165) is 36.7 Å². The molecule has 102 valence electrons. The van der Waals surface area contributed by atoms with E-state index in [0.29, 0.717) is 0 Å². The standard InChI is InChI=1S/C13H8F2N2O3/c14-8-1-2-10(13(19)20)11(4-8)17-12(18)7-3-9(15)6-16-5-7/h1-6H,(H,17,18)(H,19,20). The molecule has 1 aromatic heterocycles. The highest BCUT2D eigenvalue weighted by Crippen LogP contribution is 2.18. The van der Waals surface area contributed by atoms with E-state index in [9.17, 15) is 18.4 Å². The Labute approximate surface area is 111 Å². The molecule has 0 aliphatic carbocycles. The summed E-state index contributed by atoms with van der Waals surface area (Å²) in [4.78, 5) is 26.3. The largest absolute Gasteiger partial charge is 0.478 e. The van der Waals surface area contributed by atoms with Crippen molar-refractivity contribution in [1.29, 1.82) is 0 Å². The maximum absolute atomic E-state index is 13.1. The van der Waals surface area contributed by atoms with Crippen LogP contribution in [0.25, 0.3) is 0 Å². The Morgan fingerprint density at radius 1 is 1.10 bits per heavy atom. The number of carbonyl (C=O) groups is 2. The zero-order chi connectivity index (χ0) is 14.7. The monoisotopic (exact) mass is 278 g/mol. The number of carbonyl (C=O) groups excluding carboxylic acids is 1. The van der Waals surface area contributed by atoms with Gasteiger partial charge < -0.3 is 10.4 Å². The van der Waals surface area contributed by atoms with Crippen molar-refractivity contribution in [2.75, 3.05) is 5.32 Å². The van der Waals surface area contributed by atoms with Crippen molar-refractivity contribution in [3.8, 4) is 0 Å². The normalized spacial score (nSPS) is 10.1. The summed E-state index contributed by atoms with van der Waals surface area (Å²) in [6.07, 6.45) is 2.03. The van der Waals surface area contributed by atoms with Crippen LogP contribution < -0.4 is 5.32 Å². The van der Waals surface area contributed by atoms with Crippen LogP contribution in [-0.4, -0.2) is 22.0 Å². The van der Waals surface area contributed by atoms with Crippen LogP contribution in [0.5, 0.6) is 0 Å². The van der Waals surface area contributed by atoms with Gasteiger partial charge >= 0.3 is 5.97 Å². The number of hydrogen-bond acceptors (Lipinski definition) is 3. The van der Waals surface area contributed by atoms with Gasteiger partial charge in [0, 0.05) is 6.20 Å². The lowest BCUT2D eigenvalue weighted by Crippen LogP contribution is -2.15. The van der Waals surface area contributed by atoms with E-state index in [1.807, 2.05) is 0 Å². The lowest BCUT2D eigenvalue weighted by atomic mass is 10.1. The molecule has 20 heavy (non-hydrogen) atoms. The zero-order valence-electron chi connectivity index (χ0n) is 9.93. The van der Waals surface area contributed by atoms with Crippen LogP contribution in [0.15, 0.2) is 36.7 Å². The first-order valence-electron chi connectivity index (χ1n) is 5.42. The van der Waals surface area contributed by atoms with Gasteiger partial charge in [0.1, 0.15) is 11.6 Å². The molecule has 2 aromatic rings. The van der Waals surface area contributed by atoms with Crippen molar-refractivity contribution >= 4 is 17.6 Å². The van der Waals surface area contributed by atoms with Crippen molar-refractivity contribution in [3.05, 3.63) is 59.4 Å². The third kappa shape index (κ3) is 2.94. The number of carboxylic acids is 1. The van der Waals surface area contributed by atoms with Gasteiger partial charge in [0.2, 0.25) is 0 Å². The van der Waals surface area contributed by atoms with Gasteiger partial charge in [-0.15, -0.1) is 0 Å². The first kappa shape index (κ1) is 13.6. The smallest absolute Gasteiger partial charge is 0.337 e. The molecule has 0 spiro atoms. The number of nitrogens with one attached hydrogen (secondary N) is 1. The van der Waals surface area contributed by atoms with Crippen molar-refractivity contribution in [1.82, 2.24) is 4.98 Å². The molecule has 1 amide bonds. The van der Waals surface area contributed by atoms with E-state index in [-0.39, 0.29) is 16.8 Å². The Kier molecular flexibility index (Phi) is 3.69. The van der Waals surface area contributed by atoms with Gasteiger partial charge in [-0.25, -0.2) is 13.6 Å². The summed E-state index contributed by atoms with van der Waals surface area (Å²) in [5.74, 6) is -3.53. The van der Waals surface area contributed by atoms with Crippen molar-refractivity contribution in [3.63, 3.8) is 0 Å². The minimum atomic E-state index is -1.32. The molecule has 2 N–H and O–H groups in total. The molecule has 0 radical (unpaired) electrons. The number of carboxylic acid groups (broad SMARTS) is 1.